The topological polar surface area (TPSA) is 105 Å². The van der Waals surface area contributed by atoms with Crippen molar-refractivity contribution in [1.29, 1.82) is 0 Å². The van der Waals surface area contributed by atoms with Crippen molar-refractivity contribution in [3.05, 3.63) is 59.7 Å². The van der Waals surface area contributed by atoms with Crippen molar-refractivity contribution < 1.29 is 24.2 Å². The van der Waals surface area contributed by atoms with Crippen LogP contribution in [-0.2, 0) is 14.3 Å². The summed E-state index contributed by atoms with van der Waals surface area (Å²) in [6.07, 6.45) is -0.111. The third-order valence-corrected chi connectivity index (χ3v) is 6.93. The highest BCUT2D eigenvalue weighted by Crippen LogP contribution is 2.44. The summed E-state index contributed by atoms with van der Waals surface area (Å²) in [4.78, 5) is 36.7. The van der Waals surface area contributed by atoms with Gasteiger partial charge in [0.25, 0.3) is 0 Å². The lowest BCUT2D eigenvalue weighted by Gasteiger charge is -2.35. The SMILES string of the molecule is CC(CCNC(=O)OCC1c2ccccc2-c2ccccc21)C(=O)NC(C(C)C)C(C)(C)C(=O)O. The van der Waals surface area contributed by atoms with Gasteiger partial charge in [0.05, 0.1) is 5.41 Å². The van der Waals surface area contributed by atoms with E-state index in [-0.39, 0.29) is 30.9 Å². The van der Waals surface area contributed by atoms with E-state index in [0.717, 1.165) is 11.1 Å². The monoisotopic (exact) mass is 480 g/mol. The maximum atomic E-state index is 12.7. The first-order valence-corrected chi connectivity index (χ1v) is 12.2. The number of fused-ring (bicyclic) bond motifs is 3. The Bertz CT molecular complexity index is 1030. The van der Waals surface area contributed by atoms with E-state index in [1.165, 1.54) is 11.1 Å². The quantitative estimate of drug-likeness (QED) is 0.453. The molecule has 0 heterocycles. The molecule has 2 amide bonds. The number of hydrogen-bond donors (Lipinski definition) is 3. The average molecular weight is 481 g/mol. The molecule has 7 heteroatoms. The molecule has 3 N–H and O–H groups in total. The molecule has 3 rings (SSSR count). The number of amides is 2. The Morgan fingerprint density at radius 3 is 2.03 bits per heavy atom. The zero-order valence-electron chi connectivity index (χ0n) is 21.1. The Morgan fingerprint density at radius 2 is 1.51 bits per heavy atom. The van der Waals surface area contributed by atoms with Gasteiger partial charge < -0.3 is 20.5 Å². The summed E-state index contributed by atoms with van der Waals surface area (Å²) in [7, 11) is 0. The Labute approximate surface area is 207 Å². The number of carboxylic acids is 1. The van der Waals surface area contributed by atoms with Gasteiger partial charge in [-0.3, -0.25) is 9.59 Å². The van der Waals surface area contributed by atoms with Crippen molar-refractivity contribution in [2.45, 2.75) is 53.0 Å². The number of carbonyl (C=O) groups is 3. The molecule has 0 radical (unpaired) electrons. The fraction of sp³-hybridized carbons (Fsp3) is 0.464. The molecule has 188 valence electrons. The molecular weight excluding hydrogens is 444 g/mol. The van der Waals surface area contributed by atoms with E-state index < -0.39 is 29.4 Å². The molecule has 1 aliphatic carbocycles. The number of benzene rings is 2. The zero-order chi connectivity index (χ0) is 25.8. The molecule has 7 nitrogen and oxygen atoms in total. The van der Waals surface area contributed by atoms with E-state index in [0.29, 0.717) is 6.42 Å². The van der Waals surface area contributed by atoms with Crippen molar-refractivity contribution in [1.82, 2.24) is 10.6 Å². The van der Waals surface area contributed by atoms with Gasteiger partial charge in [-0.05, 0) is 48.4 Å². The van der Waals surface area contributed by atoms with Crippen LogP contribution >= 0.6 is 0 Å². The highest BCUT2D eigenvalue weighted by Gasteiger charge is 2.40. The van der Waals surface area contributed by atoms with Crippen LogP contribution in [-0.4, -0.2) is 42.3 Å². The van der Waals surface area contributed by atoms with Gasteiger partial charge in [-0.15, -0.1) is 0 Å². The number of alkyl carbamates (subject to hydrolysis) is 1. The summed E-state index contributed by atoms with van der Waals surface area (Å²) in [6.45, 7) is 9.28. The third-order valence-electron chi connectivity index (χ3n) is 6.93. The summed E-state index contributed by atoms with van der Waals surface area (Å²) in [5.41, 5.74) is 3.54. The number of carboxylic acid groups (broad SMARTS) is 1. The van der Waals surface area contributed by atoms with Crippen molar-refractivity contribution in [3.8, 4) is 11.1 Å². The lowest BCUT2D eigenvalue weighted by Crippen LogP contribution is -2.53. The Morgan fingerprint density at radius 1 is 0.971 bits per heavy atom. The molecule has 0 aromatic heterocycles. The van der Waals surface area contributed by atoms with Crippen LogP contribution in [0.15, 0.2) is 48.5 Å². The molecule has 0 saturated carbocycles. The second-order valence-corrected chi connectivity index (χ2v) is 10.2. The van der Waals surface area contributed by atoms with Crippen LogP contribution in [0.3, 0.4) is 0 Å². The second-order valence-electron chi connectivity index (χ2n) is 10.2. The lowest BCUT2D eigenvalue weighted by atomic mass is 9.78. The summed E-state index contributed by atoms with van der Waals surface area (Å²) in [5.74, 6) is -1.64. The number of rotatable bonds is 10. The van der Waals surface area contributed by atoms with Crippen LogP contribution in [0.25, 0.3) is 11.1 Å². The predicted octanol–water partition coefficient (Wildman–Crippen LogP) is 4.80. The second kappa shape index (κ2) is 10.9. The van der Waals surface area contributed by atoms with Crippen LogP contribution in [0.5, 0.6) is 0 Å². The Kier molecular flexibility index (Phi) is 8.20. The smallest absolute Gasteiger partial charge is 0.407 e. The molecular formula is C28H36N2O5. The van der Waals surface area contributed by atoms with Gasteiger partial charge in [-0.25, -0.2) is 4.79 Å². The van der Waals surface area contributed by atoms with Crippen molar-refractivity contribution in [2.75, 3.05) is 13.2 Å². The standard InChI is InChI=1S/C28H36N2O5/c1-17(2)24(28(4,5)26(32)33)30-25(31)18(3)14-15-29-27(34)35-16-23-21-12-8-6-10-19(21)20-11-7-9-13-22(20)23/h6-13,17-18,23-24H,14-16H2,1-5H3,(H,29,34)(H,30,31)(H,32,33). The molecule has 0 aliphatic heterocycles. The minimum atomic E-state index is -1.09. The molecule has 2 aromatic carbocycles. The minimum Gasteiger partial charge on any atom is -0.481 e. The summed E-state index contributed by atoms with van der Waals surface area (Å²) in [5, 5.41) is 15.2. The maximum absolute atomic E-state index is 12.7. The maximum Gasteiger partial charge on any atom is 0.407 e. The highest BCUT2D eigenvalue weighted by molar-refractivity contribution is 5.81. The Hall–Kier alpha value is -3.35. The van der Waals surface area contributed by atoms with Crippen LogP contribution in [0.1, 0.15) is 58.1 Å². The molecule has 35 heavy (non-hydrogen) atoms. The van der Waals surface area contributed by atoms with Crippen LogP contribution < -0.4 is 10.6 Å². The van der Waals surface area contributed by atoms with E-state index >= 15 is 0 Å². The molecule has 0 spiro atoms. The van der Waals surface area contributed by atoms with Crippen LogP contribution in [0.2, 0.25) is 0 Å². The van der Waals surface area contributed by atoms with Gasteiger partial charge in [0, 0.05) is 24.4 Å². The van der Waals surface area contributed by atoms with Crippen LogP contribution in [0.4, 0.5) is 4.79 Å². The van der Waals surface area contributed by atoms with E-state index in [1.54, 1.807) is 20.8 Å². The lowest BCUT2D eigenvalue weighted by molar-refractivity contribution is -0.150. The van der Waals surface area contributed by atoms with Crippen LogP contribution in [0, 0.1) is 17.3 Å². The van der Waals surface area contributed by atoms with Crippen molar-refractivity contribution >= 4 is 18.0 Å². The van der Waals surface area contributed by atoms with Gasteiger partial charge >= 0.3 is 12.1 Å². The van der Waals surface area contributed by atoms with E-state index in [9.17, 15) is 19.5 Å². The largest absolute Gasteiger partial charge is 0.481 e. The van der Waals surface area contributed by atoms with Crippen molar-refractivity contribution in [2.24, 2.45) is 17.3 Å². The first-order valence-electron chi connectivity index (χ1n) is 12.2. The molecule has 2 unspecified atom stereocenters. The van der Waals surface area contributed by atoms with E-state index in [1.807, 2.05) is 38.1 Å². The molecule has 2 aromatic rings. The van der Waals surface area contributed by atoms with Gasteiger partial charge in [-0.2, -0.15) is 0 Å². The average Bonchev–Trinajstić information content (AvgIpc) is 3.14. The minimum absolute atomic E-state index is 0.0107. The van der Waals surface area contributed by atoms with Gasteiger partial charge in [0.2, 0.25) is 5.91 Å². The molecule has 0 bridgehead atoms. The molecule has 2 atom stereocenters. The molecule has 0 fully saturated rings. The van der Waals surface area contributed by atoms with E-state index in [4.69, 9.17) is 4.74 Å². The van der Waals surface area contributed by atoms with Gasteiger partial charge in [-0.1, -0.05) is 69.3 Å². The van der Waals surface area contributed by atoms with Crippen molar-refractivity contribution in [3.63, 3.8) is 0 Å². The third kappa shape index (κ3) is 5.84. The Balaban J connectivity index is 1.48. The highest BCUT2D eigenvalue weighted by atomic mass is 16.5. The number of carbonyl (C=O) groups excluding carboxylic acids is 2. The van der Waals surface area contributed by atoms with Gasteiger partial charge in [0.1, 0.15) is 6.61 Å². The normalized spacial score (nSPS) is 14.6. The fourth-order valence-electron chi connectivity index (χ4n) is 4.78. The number of aliphatic carboxylic acids is 1. The summed E-state index contributed by atoms with van der Waals surface area (Å²) in [6, 6.07) is 15.8. The first kappa shape index (κ1) is 26.3. The first-order chi connectivity index (χ1) is 16.5. The zero-order valence-corrected chi connectivity index (χ0v) is 21.1. The fourth-order valence-corrected chi connectivity index (χ4v) is 4.78. The molecule has 0 saturated heterocycles. The number of hydrogen-bond acceptors (Lipinski definition) is 4. The van der Waals surface area contributed by atoms with E-state index in [2.05, 4.69) is 34.9 Å². The predicted molar refractivity (Wildman–Crippen MR) is 135 cm³/mol. The van der Waals surface area contributed by atoms with Gasteiger partial charge in [0.15, 0.2) is 0 Å². The number of ether oxygens (including phenoxy) is 1. The summed E-state index contributed by atoms with van der Waals surface area (Å²) < 4.78 is 5.53. The number of nitrogens with one attached hydrogen (secondary N) is 2. The summed E-state index contributed by atoms with van der Waals surface area (Å²) >= 11 is 0. The molecule has 1 aliphatic rings.